The van der Waals surface area contributed by atoms with Crippen LogP contribution in [0.4, 0.5) is 0 Å². The standard InChI is InChI=1S/C18H30N2/c1-4-18(16-10-8-14(2)9-11-16)20-15(3)13-17-7-5-6-12-19-17/h8-11,15,17-20H,4-7,12-13H2,1-3H3. The van der Waals surface area contributed by atoms with E-state index < -0.39 is 0 Å². The molecular weight excluding hydrogens is 244 g/mol. The zero-order valence-electron chi connectivity index (χ0n) is 13.3. The summed E-state index contributed by atoms with van der Waals surface area (Å²) >= 11 is 0. The number of piperidine rings is 1. The van der Waals surface area contributed by atoms with Crippen LogP contribution in [0.1, 0.15) is 63.1 Å². The van der Waals surface area contributed by atoms with Gasteiger partial charge in [-0.2, -0.15) is 0 Å². The molecule has 1 aromatic rings. The first-order chi connectivity index (χ1) is 9.69. The third kappa shape index (κ3) is 4.60. The van der Waals surface area contributed by atoms with Gasteiger partial charge in [-0.1, -0.05) is 43.2 Å². The molecule has 1 aliphatic rings. The molecule has 1 saturated heterocycles. The number of rotatable bonds is 6. The van der Waals surface area contributed by atoms with Gasteiger partial charge in [0.25, 0.3) is 0 Å². The fraction of sp³-hybridized carbons (Fsp3) is 0.667. The average Bonchev–Trinajstić information content (AvgIpc) is 2.47. The predicted octanol–water partition coefficient (Wildman–Crippen LogP) is 3.96. The molecule has 0 radical (unpaired) electrons. The molecule has 3 unspecified atom stereocenters. The minimum absolute atomic E-state index is 0.481. The molecule has 1 fully saturated rings. The lowest BCUT2D eigenvalue weighted by atomic mass is 9.97. The van der Waals surface area contributed by atoms with E-state index in [9.17, 15) is 0 Å². The van der Waals surface area contributed by atoms with E-state index in [4.69, 9.17) is 0 Å². The zero-order valence-corrected chi connectivity index (χ0v) is 13.3. The van der Waals surface area contributed by atoms with E-state index in [0.29, 0.717) is 18.1 Å². The lowest BCUT2D eigenvalue weighted by Gasteiger charge is -2.29. The Morgan fingerprint density at radius 3 is 2.60 bits per heavy atom. The highest BCUT2D eigenvalue weighted by atomic mass is 15.0. The van der Waals surface area contributed by atoms with Crippen LogP contribution in [0.3, 0.4) is 0 Å². The fourth-order valence-electron chi connectivity index (χ4n) is 3.21. The molecule has 1 heterocycles. The van der Waals surface area contributed by atoms with Crippen molar-refractivity contribution >= 4 is 0 Å². The molecule has 3 atom stereocenters. The predicted molar refractivity (Wildman–Crippen MR) is 87.1 cm³/mol. The van der Waals surface area contributed by atoms with Crippen molar-refractivity contribution in [3.8, 4) is 0 Å². The molecule has 2 N–H and O–H groups in total. The SMILES string of the molecule is CCC(NC(C)CC1CCCCN1)c1ccc(C)cc1. The Morgan fingerprint density at radius 2 is 2.00 bits per heavy atom. The van der Waals surface area contributed by atoms with E-state index in [0.717, 1.165) is 6.42 Å². The highest BCUT2D eigenvalue weighted by Gasteiger charge is 2.18. The highest BCUT2D eigenvalue weighted by Crippen LogP contribution is 2.19. The molecule has 0 amide bonds. The summed E-state index contributed by atoms with van der Waals surface area (Å²) in [6, 6.07) is 10.7. The van der Waals surface area contributed by atoms with Crippen LogP contribution in [0.25, 0.3) is 0 Å². The van der Waals surface area contributed by atoms with Crippen LogP contribution >= 0.6 is 0 Å². The molecule has 0 bridgehead atoms. The van der Waals surface area contributed by atoms with Gasteiger partial charge in [0, 0.05) is 18.1 Å². The van der Waals surface area contributed by atoms with Gasteiger partial charge in [-0.3, -0.25) is 0 Å². The molecule has 2 heteroatoms. The summed E-state index contributed by atoms with van der Waals surface area (Å²) in [5.41, 5.74) is 2.75. The summed E-state index contributed by atoms with van der Waals surface area (Å²) in [6.45, 7) is 7.94. The Bertz CT molecular complexity index is 379. The van der Waals surface area contributed by atoms with Crippen molar-refractivity contribution in [2.24, 2.45) is 0 Å². The minimum atomic E-state index is 0.481. The van der Waals surface area contributed by atoms with Gasteiger partial charge in [-0.25, -0.2) is 0 Å². The Labute approximate surface area is 124 Å². The fourth-order valence-corrected chi connectivity index (χ4v) is 3.21. The van der Waals surface area contributed by atoms with Crippen LogP contribution in [-0.4, -0.2) is 18.6 Å². The first-order valence-corrected chi connectivity index (χ1v) is 8.25. The van der Waals surface area contributed by atoms with Crippen molar-refractivity contribution in [1.29, 1.82) is 0 Å². The normalized spacial score (nSPS) is 22.4. The largest absolute Gasteiger partial charge is 0.314 e. The second-order valence-corrected chi connectivity index (χ2v) is 6.32. The van der Waals surface area contributed by atoms with Gasteiger partial charge in [0.15, 0.2) is 0 Å². The second-order valence-electron chi connectivity index (χ2n) is 6.32. The number of nitrogens with one attached hydrogen (secondary N) is 2. The van der Waals surface area contributed by atoms with Crippen LogP contribution in [0.5, 0.6) is 0 Å². The monoisotopic (exact) mass is 274 g/mol. The topological polar surface area (TPSA) is 24.1 Å². The molecule has 20 heavy (non-hydrogen) atoms. The number of aryl methyl sites for hydroxylation is 1. The van der Waals surface area contributed by atoms with E-state index >= 15 is 0 Å². The van der Waals surface area contributed by atoms with Crippen molar-refractivity contribution < 1.29 is 0 Å². The van der Waals surface area contributed by atoms with E-state index in [2.05, 4.69) is 55.7 Å². The van der Waals surface area contributed by atoms with Crippen molar-refractivity contribution in [2.75, 3.05) is 6.54 Å². The van der Waals surface area contributed by atoms with Gasteiger partial charge < -0.3 is 10.6 Å². The molecular formula is C18H30N2. The van der Waals surface area contributed by atoms with E-state index in [1.807, 2.05) is 0 Å². The summed E-state index contributed by atoms with van der Waals surface area (Å²) in [5, 5.41) is 7.46. The van der Waals surface area contributed by atoms with Crippen LogP contribution in [0.2, 0.25) is 0 Å². The van der Waals surface area contributed by atoms with Crippen LogP contribution in [0.15, 0.2) is 24.3 Å². The van der Waals surface area contributed by atoms with Gasteiger partial charge in [0.2, 0.25) is 0 Å². The number of hydrogen-bond donors (Lipinski definition) is 2. The maximum Gasteiger partial charge on any atom is 0.0319 e. The molecule has 2 rings (SSSR count). The Hall–Kier alpha value is -0.860. The van der Waals surface area contributed by atoms with E-state index in [-0.39, 0.29) is 0 Å². The molecule has 2 nitrogen and oxygen atoms in total. The summed E-state index contributed by atoms with van der Waals surface area (Å²) in [7, 11) is 0. The Kier molecular flexibility index (Phi) is 6.06. The molecule has 0 aromatic heterocycles. The lowest BCUT2D eigenvalue weighted by Crippen LogP contribution is -2.40. The third-order valence-corrected chi connectivity index (χ3v) is 4.42. The third-order valence-electron chi connectivity index (χ3n) is 4.42. The summed E-state index contributed by atoms with van der Waals surface area (Å²) < 4.78 is 0. The quantitative estimate of drug-likeness (QED) is 0.820. The molecule has 0 saturated carbocycles. The first kappa shape index (κ1) is 15.5. The molecule has 112 valence electrons. The second kappa shape index (κ2) is 7.80. The number of hydrogen-bond acceptors (Lipinski definition) is 2. The van der Waals surface area contributed by atoms with Crippen LogP contribution in [-0.2, 0) is 0 Å². The first-order valence-electron chi connectivity index (χ1n) is 8.25. The smallest absolute Gasteiger partial charge is 0.0319 e. The zero-order chi connectivity index (χ0) is 14.4. The molecule has 1 aromatic carbocycles. The van der Waals surface area contributed by atoms with Crippen molar-refractivity contribution in [3.05, 3.63) is 35.4 Å². The molecule has 0 aliphatic carbocycles. The average molecular weight is 274 g/mol. The minimum Gasteiger partial charge on any atom is -0.314 e. The van der Waals surface area contributed by atoms with Crippen LogP contribution in [0, 0.1) is 6.92 Å². The Morgan fingerprint density at radius 1 is 1.25 bits per heavy atom. The maximum atomic E-state index is 3.81. The van der Waals surface area contributed by atoms with Crippen molar-refractivity contribution in [2.45, 2.75) is 71.0 Å². The summed E-state index contributed by atoms with van der Waals surface area (Å²) in [5.74, 6) is 0. The van der Waals surface area contributed by atoms with Gasteiger partial charge >= 0.3 is 0 Å². The Balaban J connectivity index is 1.86. The summed E-state index contributed by atoms with van der Waals surface area (Å²) in [6.07, 6.45) is 6.46. The van der Waals surface area contributed by atoms with Gasteiger partial charge in [-0.05, 0) is 51.6 Å². The van der Waals surface area contributed by atoms with E-state index in [1.165, 1.54) is 43.4 Å². The maximum absolute atomic E-state index is 3.81. The van der Waals surface area contributed by atoms with E-state index in [1.54, 1.807) is 0 Å². The molecule has 1 aliphatic heterocycles. The lowest BCUT2D eigenvalue weighted by molar-refractivity contribution is 0.327. The van der Waals surface area contributed by atoms with Crippen LogP contribution < -0.4 is 10.6 Å². The number of benzene rings is 1. The van der Waals surface area contributed by atoms with Gasteiger partial charge in [-0.15, -0.1) is 0 Å². The molecule has 0 spiro atoms. The van der Waals surface area contributed by atoms with Crippen molar-refractivity contribution in [1.82, 2.24) is 10.6 Å². The highest BCUT2D eigenvalue weighted by molar-refractivity contribution is 5.24. The van der Waals surface area contributed by atoms with Gasteiger partial charge in [0.05, 0.1) is 0 Å². The van der Waals surface area contributed by atoms with Gasteiger partial charge in [0.1, 0.15) is 0 Å². The van der Waals surface area contributed by atoms with Crippen molar-refractivity contribution in [3.63, 3.8) is 0 Å². The summed E-state index contributed by atoms with van der Waals surface area (Å²) in [4.78, 5) is 0.